The van der Waals surface area contributed by atoms with Crippen LogP contribution in [0.4, 0.5) is 24.5 Å². The second kappa shape index (κ2) is 5.43. The Kier molecular flexibility index (Phi) is 3.84. The average Bonchev–Trinajstić information content (AvgIpc) is 2.40. The van der Waals surface area contributed by atoms with Gasteiger partial charge in [0, 0.05) is 5.69 Å². The Morgan fingerprint density at radius 2 is 1.95 bits per heavy atom. The molecule has 1 heterocycles. The summed E-state index contributed by atoms with van der Waals surface area (Å²) in [5.41, 5.74) is 5.70. The third kappa shape index (κ3) is 3.50. The molecule has 1 aromatic heterocycles. The third-order valence-electron chi connectivity index (χ3n) is 2.83. The number of nitrogen functional groups attached to an aromatic ring is 1. The summed E-state index contributed by atoms with van der Waals surface area (Å²) in [6, 6.07) is 6.04. The number of nitrogens with two attached hydrogens (primary N) is 1. The summed E-state index contributed by atoms with van der Waals surface area (Å²) in [5, 5.41) is 2.42. The van der Waals surface area contributed by atoms with Crippen molar-refractivity contribution in [3.8, 4) is 0 Å². The van der Waals surface area contributed by atoms with Gasteiger partial charge in [0.05, 0.1) is 17.4 Å². The lowest BCUT2D eigenvalue weighted by Gasteiger charge is -2.12. The molecule has 0 fully saturated rings. The molecule has 2 rings (SSSR count). The topological polar surface area (TPSA) is 68.0 Å². The first-order valence-corrected chi connectivity index (χ1v) is 5.98. The van der Waals surface area contributed by atoms with Crippen molar-refractivity contribution in [3.63, 3.8) is 0 Å². The monoisotopic (exact) mass is 295 g/mol. The lowest BCUT2D eigenvalue weighted by molar-refractivity contribution is -0.137. The summed E-state index contributed by atoms with van der Waals surface area (Å²) in [5.74, 6) is -0.600. The smallest absolute Gasteiger partial charge is 0.397 e. The minimum Gasteiger partial charge on any atom is -0.397 e. The molecule has 3 N–H and O–H groups in total. The molecule has 4 nitrogen and oxygen atoms in total. The Balaban J connectivity index is 2.26. The van der Waals surface area contributed by atoms with Gasteiger partial charge in [-0.3, -0.25) is 4.79 Å². The molecule has 2 aromatic rings. The number of hydrogen-bond donors (Lipinski definition) is 2. The van der Waals surface area contributed by atoms with E-state index in [-0.39, 0.29) is 11.4 Å². The maximum absolute atomic E-state index is 12.7. The van der Waals surface area contributed by atoms with Gasteiger partial charge in [0.1, 0.15) is 5.69 Å². The molecule has 1 amide bonds. The fourth-order valence-electron chi connectivity index (χ4n) is 1.66. The molecule has 0 radical (unpaired) electrons. The molecule has 0 bridgehead atoms. The van der Waals surface area contributed by atoms with Gasteiger partial charge in [-0.25, -0.2) is 4.98 Å². The molecule has 110 valence electrons. The van der Waals surface area contributed by atoms with E-state index in [2.05, 4.69) is 10.3 Å². The van der Waals surface area contributed by atoms with E-state index in [1.807, 2.05) is 0 Å². The first-order valence-electron chi connectivity index (χ1n) is 5.98. The zero-order valence-electron chi connectivity index (χ0n) is 11.0. The van der Waals surface area contributed by atoms with E-state index in [1.165, 1.54) is 24.4 Å². The molecule has 0 saturated carbocycles. The van der Waals surface area contributed by atoms with Gasteiger partial charge in [0.25, 0.3) is 5.91 Å². The van der Waals surface area contributed by atoms with Crippen LogP contribution in [-0.4, -0.2) is 10.9 Å². The third-order valence-corrected chi connectivity index (χ3v) is 2.83. The highest BCUT2D eigenvalue weighted by Gasteiger charge is 2.31. The summed E-state index contributed by atoms with van der Waals surface area (Å²) in [7, 11) is 0. The molecule has 0 unspecified atom stereocenters. The van der Waals surface area contributed by atoms with Gasteiger partial charge >= 0.3 is 6.18 Å². The van der Waals surface area contributed by atoms with Crippen LogP contribution >= 0.6 is 0 Å². The van der Waals surface area contributed by atoms with Crippen LogP contribution in [0.3, 0.4) is 0 Å². The minimum absolute atomic E-state index is 0.0704. The largest absolute Gasteiger partial charge is 0.416 e. The number of aromatic nitrogens is 1. The zero-order chi connectivity index (χ0) is 15.6. The van der Waals surface area contributed by atoms with Gasteiger partial charge < -0.3 is 11.1 Å². The van der Waals surface area contributed by atoms with Crippen LogP contribution in [0.25, 0.3) is 0 Å². The SMILES string of the molecule is Cc1ccc(C(F)(F)F)cc1NC(=O)c1ccc(N)cn1. The van der Waals surface area contributed by atoms with Crippen molar-refractivity contribution in [2.24, 2.45) is 0 Å². The molecular weight excluding hydrogens is 283 g/mol. The second-order valence-corrected chi connectivity index (χ2v) is 4.46. The number of alkyl halides is 3. The quantitative estimate of drug-likeness (QED) is 0.893. The molecule has 0 saturated heterocycles. The standard InChI is InChI=1S/C14H12F3N3O/c1-8-2-3-9(14(15,16)17)6-12(8)20-13(21)11-5-4-10(18)7-19-11/h2-7H,18H2,1H3,(H,20,21). The number of hydrogen-bond acceptors (Lipinski definition) is 3. The molecule has 21 heavy (non-hydrogen) atoms. The van der Waals surface area contributed by atoms with Crippen LogP contribution in [0.5, 0.6) is 0 Å². The summed E-state index contributed by atoms with van der Waals surface area (Å²) >= 11 is 0. The minimum atomic E-state index is -4.47. The first-order chi connectivity index (χ1) is 9.77. The van der Waals surface area contributed by atoms with Crippen LogP contribution in [0, 0.1) is 6.92 Å². The predicted octanol–water partition coefficient (Wildman–Crippen LogP) is 3.24. The highest BCUT2D eigenvalue weighted by atomic mass is 19.4. The Morgan fingerprint density at radius 1 is 1.24 bits per heavy atom. The average molecular weight is 295 g/mol. The van der Waals surface area contributed by atoms with Crippen molar-refractivity contribution in [1.82, 2.24) is 4.98 Å². The van der Waals surface area contributed by atoms with Crippen LogP contribution in [0.1, 0.15) is 21.6 Å². The van der Waals surface area contributed by atoms with Gasteiger partial charge in [0.2, 0.25) is 0 Å². The number of anilines is 2. The molecule has 0 aliphatic heterocycles. The molecule has 1 aromatic carbocycles. The van der Waals surface area contributed by atoms with E-state index >= 15 is 0 Å². The van der Waals surface area contributed by atoms with Gasteiger partial charge in [-0.15, -0.1) is 0 Å². The lowest BCUT2D eigenvalue weighted by atomic mass is 10.1. The summed E-state index contributed by atoms with van der Waals surface area (Å²) in [6.45, 7) is 1.60. The zero-order valence-corrected chi connectivity index (χ0v) is 11.0. The van der Waals surface area contributed by atoms with E-state index < -0.39 is 17.6 Å². The molecule has 0 atom stereocenters. The maximum atomic E-state index is 12.7. The van der Waals surface area contributed by atoms with E-state index in [0.717, 1.165) is 12.1 Å². The van der Waals surface area contributed by atoms with Crippen LogP contribution in [0.2, 0.25) is 0 Å². The predicted molar refractivity (Wildman–Crippen MR) is 72.8 cm³/mol. The Hall–Kier alpha value is -2.57. The number of rotatable bonds is 2. The van der Waals surface area contributed by atoms with Crippen molar-refractivity contribution in [2.75, 3.05) is 11.1 Å². The Labute approximate surface area is 118 Å². The number of benzene rings is 1. The lowest BCUT2D eigenvalue weighted by Crippen LogP contribution is -2.15. The number of halogens is 3. The molecule has 0 aliphatic carbocycles. The van der Waals surface area contributed by atoms with E-state index in [0.29, 0.717) is 11.3 Å². The Bertz CT molecular complexity index is 666. The fraction of sp³-hybridized carbons (Fsp3) is 0.143. The van der Waals surface area contributed by atoms with Gasteiger partial charge in [-0.1, -0.05) is 6.07 Å². The van der Waals surface area contributed by atoms with E-state index in [4.69, 9.17) is 5.73 Å². The molecular formula is C14H12F3N3O. The van der Waals surface area contributed by atoms with Crippen molar-refractivity contribution in [3.05, 3.63) is 53.3 Å². The van der Waals surface area contributed by atoms with Gasteiger partial charge in [0.15, 0.2) is 0 Å². The summed E-state index contributed by atoms with van der Waals surface area (Å²) in [4.78, 5) is 15.8. The van der Waals surface area contributed by atoms with Crippen molar-refractivity contribution in [2.45, 2.75) is 13.1 Å². The molecule has 7 heteroatoms. The maximum Gasteiger partial charge on any atom is 0.416 e. The highest BCUT2D eigenvalue weighted by molar-refractivity contribution is 6.03. The van der Waals surface area contributed by atoms with Crippen LogP contribution in [0.15, 0.2) is 36.5 Å². The molecule has 0 spiro atoms. The number of amides is 1. The van der Waals surface area contributed by atoms with E-state index in [9.17, 15) is 18.0 Å². The van der Waals surface area contributed by atoms with Crippen molar-refractivity contribution >= 4 is 17.3 Å². The summed E-state index contributed by atoms with van der Waals surface area (Å²) < 4.78 is 38.0. The highest BCUT2D eigenvalue weighted by Crippen LogP contribution is 2.32. The van der Waals surface area contributed by atoms with E-state index in [1.54, 1.807) is 6.92 Å². The Morgan fingerprint density at radius 3 is 2.52 bits per heavy atom. The first kappa shape index (κ1) is 14.8. The second-order valence-electron chi connectivity index (χ2n) is 4.46. The van der Waals surface area contributed by atoms with Crippen molar-refractivity contribution < 1.29 is 18.0 Å². The van der Waals surface area contributed by atoms with Crippen molar-refractivity contribution in [1.29, 1.82) is 0 Å². The van der Waals surface area contributed by atoms with Gasteiger partial charge in [-0.2, -0.15) is 13.2 Å². The fourth-order valence-corrected chi connectivity index (χ4v) is 1.66. The number of pyridine rings is 1. The number of nitrogens with zero attached hydrogens (tertiary/aromatic N) is 1. The molecule has 0 aliphatic rings. The number of nitrogens with one attached hydrogen (secondary N) is 1. The number of aryl methyl sites for hydroxylation is 1. The number of carbonyl (C=O) groups is 1. The summed E-state index contributed by atoms with van der Waals surface area (Å²) in [6.07, 6.45) is -3.17. The number of carbonyl (C=O) groups excluding carboxylic acids is 1. The van der Waals surface area contributed by atoms with Crippen LogP contribution < -0.4 is 11.1 Å². The van der Waals surface area contributed by atoms with Crippen LogP contribution in [-0.2, 0) is 6.18 Å². The normalized spacial score (nSPS) is 11.2. The van der Waals surface area contributed by atoms with Gasteiger partial charge in [-0.05, 0) is 36.8 Å².